The van der Waals surface area contributed by atoms with Gasteiger partial charge in [0.15, 0.2) is 0 Å². The Morgan fingerprint density at radius 2 is 1.06 bits per heavy atom. The third-order valence-electron chi connectivity index (χ3n) is 10.9. The number of hydrogen-bond acceptors (Lipinski definition) is 2. The molecule has 0 aliphatic carbocycles. The Kier molecular flexibility index (Phi) is 6.32. The molecule has 11 aromatic rings. The molecule has 2 heterocycles. The van der Waals surface area contributed by atoms with Gasteiger partial charge in [0.25, 0.3) is 0 Å². The molecule has 0 unspecified atom stereocenters. The van der Waals surface area contributed by atoms with Gasteiger partial charge in [-0.25, -0.2) is 4.98 Å². The number of rotatable bonds is 3. The molecule has 0 saturated heterocycles. The average molecular weight is 672 g/mol. The van der Waals surface area contributed by atoms with E-state index in [2.05, 4.69) is 168 Å². The van der Waals surface area contributed by atoms with E-state index in [1.165, 1.54) is 43.1 Å². The fourth-order valence-electron chi connectivity index (χ4n) is 8.60. The maximum atomic E-state index is 9.82. The summed E-state index contributed by atoms with van der Waals surface area (Å²) in [6.45, 7) is 0. The van der Waals surface area contributed by atoms with Gasteiger partial charge < -0.3 is 4.57 Å². The van der Waals surface area contributed by atoms with Crippen LogP contribution in [0.4, 0.5) is 0 Å². The highest BCUT2D eigenvalue weighted by Gasteiger charge is 2.19. The number of aromatic nitrogens is 2. The Hall–Kier alpha value is -7.28. The van der Waals surface area contributed by atoms with Gasteiger partial charge in [0.2, 0.25) is 0 Å². The molecule has 0 radical (unpaired) electrons. The Morgan fingerprint density at radius 3 is 1.87 bits per heavy atom. The standard InChI is InChI=1S/C50H29N3/c51-30-31-21-25-45-43(27-31)44-29-34(23-26-46(44)53(45)36-14-2-1-3-15-36)33-12-10-13-35(28-33)49-47-37-16-5-4-11-32(37)22-24-42(47)48-40-19-8-6-17-38(40)39-18-7-9-20-41(39)50(48)52-49/h1-29H. The summed E-state index contributed by atoms with van der Waals surface area (Å²) in [7, 11) is 0. The van der Waals surface area contributed by atoms with Crippen LogP contribution in [-0.2, 0) is 0 Å². The van der Waals surface area contributed by atoms with Crippen molar-refractivity contribution in [2.24, 2.45) is 0 Å². The molecule has 3 nitrogen and oxygen atoms in total. The summed E-state index contributed by atoms with van der Waals surface area (Å²) >= 11 is 0. The van der Waals surface area contributed by atoms with Crippen LogP contribution in [0.5, 0.6) is 0 Å². The van der Waals surface area contributed by atoms with E-state index in [9.17, 15) is 5.26 Å². The number of fused-ring (bicyclic) bond motifs is 13. The molecule has 2 aromatic heterocycles. The quantitative estimate of drug-likeness (QED) is 0.175. The van der Waals surface area contributed by atoms with Crippen molar-refractivity contribution in [3.8, 4) is 34.1 Å². The molecule has 3 heteroatoms. The molecule has 9 aromatic carbocycles. The first kappa shape index (κ1) is 29.5. The highest BCUT2D eigenvalue weighted by molar-refractivity contribution is 6.33. The van der Waals surface area contributed by atoms with Gasteiger partial charge in [-0.1, -0.05) is 127 Å². The molecule has 0 saturated carbocycles. The number of nitrogens with zero attached hydrogens (tertiary/aromatic N) is 3. The van der Waals surface area contributed by atoms with E-state index in [4.69, 9.17) is 4.98 Å². The predicted molar refractivity (Wildman–Crippen MR) is 222 cm³/mol. The maximum absolute atomic E-state index is 9.82. The Bertz CT molecular complexity index is 3350. The molecule has 11 rings (SSSR count). The van der Waals surface area contributed by atoms with Crippen molar-refractivity contribution in [2.45, 2.75) is 0 Å². The van der Waals surface area contributed by atoms with Crippen LogP contribution in [0.2, 0.25) is 0 Å². The highest BCUT2D eigenvalue weighted by atomic mass is 15.0. The zero-order valence-corrected chi connectivity index (χ0v) is 28.6. The third-order valence-corrected chi connectivity index (χ3v) is 10.9. The maximum Gasteiger partial charge on any atom is 0.0991 e. The van der Waals surface area contributed by atoms with Crippen molar-refractivity contribution in [1.29, 1.82) is 5.26 Å². The third kappa shape index (κ3) is 4.37. The first-order valence-electron chi connectivity index (χ1n) is 17.9. The summed E-state index contributed by atoms with van der Waals surface area (Å²) in [4.78, 5) is 5.65. The summed E-state index contributed by atoms with van der Waals surface area (Å²) in [5, 5.41) is 22.8. The van der Waals surface area contributed by atoms with E-state index < -0.39 is 0 Å². The van der Waals surface area contributed by atoms with Crippen molar-refractivity contribution in [2.75, 3.05) is 0 Å². The minimum atomic E-state index is 0.652. The Labute approximate surface area is 305 Å². The minimum absolute atomic E-state index is 0.652. The second-order valence-electron chi connectivity index (χ2n) is 13.8. The topological polar surface area (TPSA) is 41.6 Å². The van der Waals surface area contributed by atoms with Gasteiger partial charge >= 0.3 is 0 Å². The van der Waals surface area contributed by atoms with Crippen LogP contribution in [0.3, 0.4) is 0 Å². The zero-order valence-electron chi connectivity index (χ0n) is 28.6. The van der Waals surface area contributed by atoms with Crippen molar-refractivity contribution < 1.29 is 0 Å². The van der Waals surface area contributed by atoms with Crippen LogP contribution in [0.25, 0.3) is 104 Å². The molecular weight excluding hydrogens is 643 g/mol. The molecule has 0 bridgehead atoms. The SMILES string of the molecule is N#Cc1ccc2c(c1)c1cc(-c3cccc(-c4nc5c6ccccc6c6ccccc6c5c5ccc6ccccc6c45)c3)ccc1n2-c1ccccc1. The van der Waals surface area contributed by atoms with Gasteiger partial charge in [0.05, 0.1) is 33.9 Å². The molecule has 0 aliphatic rings. The van der Waals surface area contributed by atoms with E-state index in [1.54, 1.807) is 0 Å². The summed E-state index contributed by atoms with van der Waals surface area (Å²) < 4.78 is 2.29. The fraction of sp³-hybridized carbons (Fsp3) is 0. The fourth-order valence-corrected chi connectivity index (χ4v) is 8.60. The van der Waals surface area contributed by atoms with E-state index in [0.29, 0.717) is 5.56 Å². The molecule has 0 fully saturated rings. The highest BCUT2D eigenvalue weighted by Crippen LogP contribution is 2.44. The summed E-state index contributed by atoms with van der Waals surface area (Å²) in [6, 6.07) is 64.9. The Morgan fingerprint density at radius 1 is 0.415 bits per heavy atom. The lowest BCUT2D eigenvalue weighted by Gasteiger charge is -2.17. The van der Waals surface area contributed by atoms with Crippen LogP contribution in [0, 0.1) is 11.3 Å². The zero-order chi connectivity index (χ0) is 35.0. The van der Waals surface area contributed by atoms with Crippen molar-refractivity contribution >= 4 is 75.8 Å². The van der Waals surface area contributed by atoms with Gasteiger partial charge in [-0.3, -0.25) is 0 Å². The van der Waals surface area contributed by atoms with Crippen LogP contribution in [-0.4, -0.2) is 9.55 Å². The van der Waals surface area contributed by atoms with Crippen LogP contribution in [0.1, 0.15) is 5.56 Å². The van der Waals surface area contributed by atoms with Crippen LogP contribution in [0.15, 0.2) is 176 Å². The number of nitriles is 1. The van der Waals surface area contributed by atoms with Crippen LogP contribution >= 0.6 is 0 Å². The lowest BCUT2D eigenvalue weighted by Crippen LogP contribution is -1.94. The predicted octanol–water partition coefficient (Wildman–Crippen LogP) is 13.2. The average Bonchev–Trinajstić information content (AvgIpc) is 3.56. The normalized spacial score (nSPS) is 11.8. The van der Waals surface area contributed by atoms with Crippen LogP contribution < -0.4 is 0 Å². The largest absolute Gasteiger partial charge is 0.309 e. The molecule has 0 amide bonds. The lowest BCUT2D eigenvalue weighted by molar-refractivity contribution is 1.18. The first-order chi connectivity index (χ1) is 26.2. The lowest BCUT2D eigenvalue weighted by atomic mass is 9.90. The minimum Gasteiger partial charge on any atom is -0.309 e. The molecule has 53 heavy (non-hydrogen) atoms. The number of hydrogen-bond donors (Lipinski definition) is 0. The van der Waals surface area contributed by atoms with E-state index >= 15 is 0 Å². The number of benzene rings is 9. The van der Waals surface area contributed by atoms with Gasteiger partial charge in [0, 0.05) is 38.2 Å². The van der Waals surface area contributed by atoms with Crippen molar-refractivity contribution in [3.63, 3.8) is 0 Å². The van der Waals surface area contributed by atoms with Gasteiger partial charge in [-0.05, 0) is 92.0 Å². The van der Waals surface area contributed by atoms with Gasteiger partial charge in [-0.2, -0.15) is 5.26 Å². The van der Waals surface area contributed by atoms with Gasteiger partial charge in [-0.15, -0.1) is 0 Å². The molecular formula is C50H29N3. The molecule has 244 valence electrons. The summed E-state index contributed by atoms with van der Waals surface area (Å²) in [5.74, 6) is 0. The molecule has 0 aliphatic heterocycles. The van der Waals surface area contributed by atoms with E-state index in [0.717, 1.165) is 60.8 Å². The van der Waals surface area contributed by atoms with Gasteiger partial charge in [0.1, 0.15) is 0 Å². The second-order valence-corrected chi connectivity index (χ2v) is 13.8. The Balaban J connectivity index is 1.19. The number of para-hydroxylation sites is 1. The summed E-state index contributed by atoms with van der Waals surface area (Å²) in [6.07, 6.45) is 0. The number of pyridine rings is 1. The van der Waals surface area contributed by atoms with E-state index in [1.807, 2.05) is 18.2 Å². The van der Waals surface area contributed by atoms with E-state index in [-0.39, 0.29) is 0 Å². The van der Waals surface area contributed by atoms with Crippen molar-refractivity contribution in [3.05, 3.63) is 181 Å². The molecule has 0 N–H and O–H groups in total. The second kappa shape index (κ2) is 11.4. The molecule has 0 spiro atoms. The smallest absolute Gasteiger partial charge is 0.0991 e. The molecule has 0 atom stereocenters. The first-order valence-corrected chi connectivity index (χ1v) is 17.9. The monoisotopic (exact) mass is 671 g/mol. The van der Waals surface area contributed by atoms with Crippen molar-refractivity contribution in [1.82, 2.24) is 9.55 Å². The summed E-state index contributed by atoms with van der Waals surface area (Å²) in [5.41, 5.74) is 9.22.